The number of piperazine rings is 1. The summed E-state index contributed by atoms with van der Waals surface area (Å²) in [6, 6.07) is 0. The summed E-state index contributed by atoms with van der Waals surface area (Å²) in [6.07, 6.45) is -1.05. The van der Waals surface area contributed by atoms with E-state index in [0.717, 1.165) is 35.0 Å². The largest absolute Gasteiger partial charge is 1.00 e. The van der Waals surface area contributed by atoms with Gasteiger partial charge in [-0.3, -0.25) is 9.69 Å². The normalized spacial score (nSPS) is 27.6. The predicted octanol–water partition coefficient (Wildman–Crippen LogP) is -4.36. The summed E-state index contributed by atoms with van der Waals surface area (Å²) >= 11 is 8.20. The minimum Gasteiger partial charge on any atom is -0.852 e. The van der Waals surface area contributed by atoms with E-state index in [9.17, 15) is 19.8 Å². The molecule has 3 rings (SSSR count). The van der Waals surface area contributed by atoms with E-state index in [1.54, 1.807) is 0 Å². The number of aliphatic carboxylic acids is 1. The summed E-state index contributed by atoms with van der Waals surface area (Å²) in [6.45, 7) is 5.21. The van der Waals surface area contributed by atoms with Crippen molar-refractivity contribution >= 4 is 51.9 Å². The number of nitrogens with zero attached hydrogens (tertiary/aromatic N) is 3. The number of thiocarbonyl (C=S) groups is 1. The standard InChI is InChI=1S/C16H23N3O4S3.Na/c1-9(20)11-13(21)18-12(15(22)23)10(26-14(11)18)8-25-16(24)17-4-6-19(2,3)7-5-17;/h9,11,14H,4-8H2,1-3H3,(H,22,23);/q;+1/p-1/t9-,11+,14-;/m1./s1. The predicted molar refractivity (Wildman–Crippen MR) is 102 cm³/mol. The molecule has 3 heterocycles. The number of carbonyl (C=O) groups is 2. The molecule has 2 saturated heterocycles. The number of hydrogen-bond donors (Lipinski definition) is 0. The Bertz CT molecular complexity index is 676. The van der Waals surface area contributed by atoms with Crippen LogP contribution in [0.5, 0.6) is 0 Å². The van der Waals surface area contributed by atoms with Gasteiger partial charge in [0.1, 0.15) is 4.32 Å². The summed E-state index contributed by atoms with van der Waals surface area (Å²) in [7, 11) is 4.38. The van der Waals surface area contributed by atoms with Crippen LogP contribution in [-0.4, -0.2) is 88.0 Å². The molecule has 0 bridgehead atoms. The molecule has 0 aromatic rings. The van der Waals surface area contributed by atoms with Gasteiger partial charge < -0.3 is 24.4 Å². The fraction of sp³-hybridized carbons (Fsp3) is 0.688. The summed E-state index contributed by atoms with van der Waals surface area (Å²) < 4.78 is 1.71. The molecule has 0 radical (unpaired) electrons. The molecule has 0 aliphatic carbocycles. The summed E-state index contributed by atoms with van der Waals surface area (Å²) in [5, 5.41) is 22.8. The summed E-state index contributed by atoms with van der Waals surface area (Å²) in [4.78, 5) is 27.6. The number of hydrogen-bond acceptors (Lipinski definition) is 7. The molecule has 3 aliphatic rings. The first-order valence-corrected chi connectivity index (χ1v) is 10.7. The molecule has 0 spiro atoms. The van der Waals surface area contributed by atoms with Crippen LogP contribution >= 0.6 is 35.7 Å². The number of amides is 1. The fourth-order valence-electron chi connectivity index (χ4n) is 3.34. The van der Waals surface area contributed by atoms with Crippen LogP contribution in [0.25, 0.3) is 0 Å². The molecular weight excluding hydrogens is 417 g/mol. The number of carboxylic acid groups (broad SMARTS) is 1. The number of carbonyl (C=O) groups excluding carboxylic acids is 2. The van der Waals surface area contributed by atoms with Crippen molar-refractivity contribution in [3.8, 4) is 0 Å². The van der Waals surface area contributed by atoms with Crippen LogP contribution < -0.4 is 39.8 Å². The zero-order chi connectivity index (χ0) is 19.2. The smallest absolute Gasteiger partial charge is 0.852 e. The Kier molecular flexibility index (Phi) is 7.74. The average Bonchev–Trinajstić information content (AvgIpc) is 2.86. The van der Waals surface area contributed by atoms with Gasteiger partial charge in [0.15, 0.2) is 0 Å². The Labute approximate surface area is 195 Å². The number of thioether (sulfide) groups is 2. The quantitative estimate of drug-likeness (QED) is 0.188. The van der Waals surface area contributed by atoms with Crippen molar-refractivity contribution in [2.45, 2.75) is 18.4 Å². The van der Waals surface area contributed by atoms with Gasteiger partial charge in [-0.25, -0.2) is 0 Å². The zero-order valence-electron chi connectivity index (χ0n) is 16.0. The Hall–Kier alpha value is 0.190. The van der Waals surface area contributed by atoms with Gasteiger partial charge in [0, 0.05) is 10.7 Å². The maximum Gasteiger partial charge on any atom is 1.00 e. The number of likely N-dealkylation sites (N-methyl/N-ethyl adjacent to an activating group) is 1. The molecule has 3 atom stereocenters. The molecule has 0 N–H and O–H groups in total. The second-order valence-corrected chi connectivity index (χ2v) is 10.3. The number of quaternary nitrogens is 1. The molecule has 0 aromatic carbocycles. The van der Waals surface area contributed by atoms with E-state index in [1.807, 2.05) is 0 Å². The Balaban J connectivity index is 0.00000261. The summed E-state index contributed by atoms with van der Waals surface area (Å²) in [5.41, 5.74) is -0.0892. The van der Waals surface area contributed by atoms with Crippen LogP contribution in [0.15, 0.2) is 10.6 Å². The van der Waals surface area contributed by atoms with Gasteiger partial charge in [-0.15, -0.1) is 17.9 Å². The van der Waals surface area contributed by atoms with E-state index < -0.39 is 29.3 Å². The third-order valence-corrected chi connectivity index (χ3v) is 8.19. The molecule has 1 amide bonds. The van der Waals surface area contributed by atoms with Crippen LogP contribution in [0.3, 0.4) is 0 Å². The molecule has 2 fully saturated rings. The first-order chi connectivity index (χ1) is 12.1. The monoisotopic (exact) mass is 439 g/mol. The maximum atomic E-state index is 12.1. The average molecular weight is 440 g/mol. The van der Waals surface area contributed by atoms with Gasteiger partial charge >= 0.3 is 29.6 Å². The van der Waals surface area contributed by atoms with Crippen molar-refractivity contribution in [2.75, 3.05) is 46.0 Å². The number of carboxylic acids is 1. The van der Waals surface area contributed by atoms with E-state index in [4.69, 9.17) is 12.2 Å². The second-order valence-electron chi connectivity index (χ2n) is 7.43. The Morgan fingerprint density at radius 1 is 1.41 bits per heavy atom. The minimum atomic E-state index is -1.37. The fourth-order valence-corrected chi connectivity index (χ4v) is 6.29. The topological polar surface area (TPSA) is 86.7 Å². The van der Waals surface area contributed by atoms with Gasteiger partial charge in [-0.2, -0.15) is 0 Å². The van der Waals surface area contributed by atoms with E-state index in [0.29, 0.717) is 10.7 Å². The molecule has 0 saturated carbocycles. The van der Waals surface area contributed by atoms with E-state index in [-0.39, 0.29) is 35.3 Å². The van der Waals surface area contributed by atoms with Crippen LogP contribution in [0, 0.1) is 5.92 Å². The molecule has 11 heteroatoms. The number of β-lactam (4-membered cyclic amide) rings is 1. The first kappa shape index (κ1) is 23.5. The van der Waals surface area contributed by atoms with Crippen molar-refractivity contribution in [3.63, 3.8) is 0 Å². The van der Waals surface area contributed by atoms with Gasteiger partial charge in [0.2, 0.25) is 5.91 Å². The van der Waals surface area contributed by atoms with E-state index in [1.165, 1.54) is 35.3 Å². The molecule has 3 aliphatic heterocycles. The third kappa shape index (κ3) is 4.69. The third-order valence-electron chi connectivity index (χ3n) is 5.09. The van der Waals surface area contributed by atoms with Crippen LogP contribution in [0.4, 0.5) is 0 Å². The van der Waals surface area contributed by atoms with Crippen LogP contribution in [0.2, 0.25) is 0 Å². The van der Waals surface area contributed by atoms with Crippen molar-refractivity contribution in [1.82, 2.24) is 9.80 Å². The Morgan fingerprint density at radius 3 is 2.52 bits per heavy atom. The second kappa shape index (κ2) is 8.91. The molecule has 0 unspecified atom stereocenters. The SMILES string of the molecule is C[C@@H]([O-])[C@H]1C(=O)N2C(C(=O)[O-])=C(CSC(=S)N3CC[N+](C)(C)CC3)S[C@H]12.[Na+]. The van der Waals surface area contributed by atoms with Gasteiger partial charge in [-0.1, -0.05) is 30.9 Å². The van der Waals surface area contributed by atoms with Crippen LogP contribution in [0.1, 0.15) is 6.92 Å². The van der Waals surface area contributed by atoms with Gasteiger partial charge in [-0.05, 0) is 0 Å². The van der Waals surface area contributed by atoms with Gasteiger partial charge in [0.25, 0.3) is 0 Å². The zero-order valence-corrected chi connectivity index (χ0v) is 20.4. The van der Waals surface area contributed by atoms with Crippen LogP contribution in [-0.2, 0) is 9.59 Å². The van der Waals surface area contributed by atoms with Gasteiger partial charge in [0.05, 0.1) is 63.2 Å². The molecule has 7 nitrogen and oxygen atoms in total. The van der Waals surface area contributed by atoms with E-state index in [2.05, 4.69) is 19.0 Å². The van der Waals surface area contributed by atoms with Crippen molar-refractivity contribution < 1.29 is 53.8 Å². The van der Waals surface area contributed by atoms with E-state index >= 15 is 0 Å². The molecular formula is C16H22N3NaO4S3. The minimum absolute atomic E-state index is 0. The van der Waals surface area contributed by atoms with Crippen molar-refractivity contribution in [3.05, 3.63) is 10.6 Å². The van der Waals surface area contributed by atoms with Crippen molar-refractivity contribution in [1.29, 1.82) is 0 Å². The molecule has 144 valence electrons. The maximum absolute atomic E-state index is 12.1. The van der Waals surface area contributed by atoms with Crippen molar-refractivity contribution in [2.24, 2.45) is 5.92 Å². The number of rotatable bonds is 4. The number of fused-ring (bicyclic) bond motifs is 1. The molecule has 0 aromatic heterocycles. The molecule has 27 heavy (non-hydrogen) atoms. The summed E-state index contributed by atoms with van der Waals surface area (Å²) in [5.74, 6) is -2.08. The Morgan fingerprint density at radius 2 is 2.00 bits per heavy atom. The first-order valence-electron chi connectivity index (χ1n) is 8.46.